The number of esters is 2. The Morgan fingerprint density at radius 3 is 2.49 bits per heavy atom. The zero-order valence-corrected chi connectivity index (χ0v) is 22.3. The molecule has 0 radical (unpaired) electrons. The first-order valence-corrected chi connectivity index (χ1v) is 12.4. The Bertz CT molecular complexity index is 1550. The monoisotopic (exact) mass is 552 g/mol. The third-order valence-electron chi connectivity index (χ3n) is 5.91. The number of carbonyl (C=O) groups is 3. The first kappa shape index (κ1) is 27.3. The lowest BCUT2D eigenvalue weighted by Crippen LogP contribution is -2.23. The highest BCUT2D eigenvalue weighted by Gasteiger charge is 2.26. The van der Waals surface area contributed by atoms with Gasteiger partial charge in [0.15, 0.2) is 5.82 Å². The van der Waals surface area contributed by atoms with E-state index in [4.69, 9.17) is 14.2 Å². The number of nitrogens with zero attached hydrogens (tertiary/aromatic N) is 2. The number of ether oxygens (including phenoxy) is 3. The van der Waals surface area contributed by atoms with Crippen LogP contribution in [0.4, 0.5) is 26.2 Å². The van der Waals surface area contributed by atoms with E-state index in [1.165, 1.54) is 31.7 Å². The van der Waals surface area contributed by atoms with Crippen LogP contribution in [0.1, 0.15) is 25.6 Å². The van der Waals surface area contributed by atoms with E-state index in [1.807, 2.05) is 36.2 Å². The van der Waals surface area contributed by atoms with Gasteiger partial charge in [0.1, 0.15) is 16.2 Å². The average Bonchev–Trinajstić information content (AvgIpc) is 3.36. The molecular formula is C27H25FN4O6S. The van der Waals surface area contributed by atoms with E-state index in [-0.39, 0.29) is 27.6 Å². The Balaban J connectivity index is 1.59. The van der Waals surface area contributed by atoms with Gasteiger partial charge in [-0.25, -0.2) is 18.8 Å². The van der Waals surface area contributed by atoms with Crippen molar-refractivity contribution in [3.8, 4) is 5.75 Å². The van der Waals surface area contributed by atoms with Crippen LogP contribution in [0.5, 0.6) is 5.75 Å². The number of aromatic nitrogens is 1. The van der Waals surface area contributed by atoms with Crippen molar-refractivity contribution in [3.63, 3.8) is 0 Å². The minimum Gasteiger partial charge on any atom is -0.494 e. The van der Waals surface area contributed by atoms with Crippen LogP contribution in [0, 0.1) is 5.82 Å². The number of anilines is 3. The molecule has 12 heteroatoms. The standard InChI is InChI=1S/C27H25FN4O6S/c1-32(13-16-7-5-6-15-8-9-29-12-17(15)16)21-11-19(18(28)10-22(21)36-2)30-27(35)31-20-14-39-24(26(34)38-4)23(20)25(33)37-3/h5-12,14H,13H2,1-4H3,(H2,30,31,35). The van der Waals surface area contributed by atoms with E-state index in [1.54, 1.807) is 12.4 Å². The van der Waals surface area contributed by atoms with E-state index < -0.39 is 23.8 Å². The summed E-state index contributed by atoms with van der Waals surface area (Å²) in [5.41, 5.74) is 1.24. The molecule has 0 saturated heterocycles. The summed E-state index contributed by atoms with van der Waals surface area (Å²) in [5, 5.41) is 8.33. The highest BCUT2D eigenvalue weighted by atomic mass is 32.1. The number of rotatable bonds is 8. The van der Waals surface area contributed by atoms with Gasteiger partial charge in [0.25, 0.3) is 0 Å². The van der Waals surface area contributed by atoms with Crippen molar-refractivity contribution >= 4 is 57.1 Å². The van der Waals surface area contributed by atoms with Crippen LogP contribution in [0.25, 0.3) is 10.8 Å². The maximum absolute atomic E-state index is 15.0. The van der Waals surface area contributed by atoms with Crippen LogP contribution in [0.3, 0.4) is 0 Å². The molecule has 39 heavy (non-hydrogen) atoms. The first-order chi connectivity index (χ1) is 18.8. The van der Waals surface area contributed by atoms with Gasteiger partial charge in [-0.3, -0.25) is 4.98 Å². The van der Waals surface area contributed by atoms with Crippen molar-refractivity contribution in [3.05, 3.63) is 76.0 Å². The van der Waals surface area contributed by atoms with E-state index in [0.717, 1.165) is 34.8 Å². The number of carbonyl (C=O) groups excluding carboxylic acids is 3. The van der Waals surface area contributed by atoms with Crippen molar-refractivity contribution in [2.75, 3.05) is 43.9 Å². The summed E-state index contributed by atoms with van der Waals surface area (Å²) in [6.45, 7) is 0.449. The highest BCUT2D eigenvalue weighted by Crippen LogP contribution is 2.35. The quantitative estimate of drug-likeness (QED) is 0.283. The van der Waals surface area contributed by atoms with Gasteiger partial charge in [0, 0.05) is 42.8 Å². The molecule has 4 rings (SSSR count). The number of fused-ring (bicyclic) bond motifs is 1. The number of hydrogen-bond acceptors (Lipinski definition) is 9. The largest absolute Gasteiger partial charge is 0.494 e. The second-order valence-electron chi connectivity index (χ2n) is 8.29. The summed E-state index contributed by atoms with van der Waals surface area (Å²) >= 11 is 0.897. The molecule has 0 bridgehead atoms. The molecule has 0 atom stereocenters. The van der Waals surface area contributed by atoms with Gasteiger partial charge in [-0.1, -0.05) is 18.2 Å². The van der Waals surface area contributed by atoms with Crippen LogP contribution >= 0.6 is 11.3 Å². The van der Waals surface area contributed by atoms with Gasteiger partial charge in [-0.05, 0) is 23.1 Å². The topological polar surface area (TPSA) is 119 Å². The van der Waals surface area contributed by atoms with Crippen LogP contribution in [-0.4, -0.2) is 51.3 Å². The molecule has 4 aromatic rings. The van der Waals surface area contributed by atoms with Crippen LogP contribution < -0.4 is 20.3 Å². The maximum atomic E-state index is 15.0. The third-order valence-corrected chi connectivity index (χ3v) is 6.87. The Morgan fingerprint density at radius 2 is 1.77 bits per heavy atom. The molecule has 0 spiro atoms. The maximum Gasteiger partial charge on any atom is 0.349 e. The number of hydrogen-bond donors (Lipinski definition) is 2. The fraction of sp³-hybridized carbons (Fsp3) is 0.185. The van der Waals surface area contributed by atoms with E-state index in [0.29, 0.717) is 12.2 Å². The smallest absolute Gasteiger partial charge is 0.349 e. The Labute approximate surface area is 227 Å². The van der Waals surface area contributed by atoms with Crippen molar-refractivity contribution < 1.29 is 33.0 Å². The molecule has 0 aliphatic heterocycles. The molecule has 10 nitrogen and oxygen atoms in total. The number of thiophene rings is 1. The van der Waals surface area contributed by atoms with Gasteiger partial charge in [0.05, 0.1) is 38.4 Å². The highest BCUT2D eigenvalue weighted by molar-refractivity contribution is 7.13. The summed E-state index contributed by atoms with van der Waals surface area (Å²) in [5.74, 6) is -2.06. The summed E-state index contributed by atoms with van der Waals surface area (Å²) in [6.07, 6.45) is 3.51. The predicted molar refractivity (Wildman–Crippen MR) is 146 cm³/mol. The fourth-order valence-electron chi connectivity index (χ4n) is 4.03. The molecule has 2 N–H and O–H groups in total. The molecule has 2 heterocycles. The fourth-order valence-corrected chi connectivity index (χ4v) is 4.93. The molecule has 0 aliphatic rings. The van der Waals surface area contributed by atoms with Gasteiger partial charge in [0.2, 0.25) is 0 Å². The van der Waals surface area contributed by atoms with Gasteiger partial charge < -0.3 is 29.7 Å². The lowest BCUT2D eigenvalue weighted by Gasteiger charge is -2.24. The van der Waals surface area contributed by atoms with Gasteiger partial charge >= 0.3 is 18.0 Å². The van der Waals surface area contributed by atoms with E-state index in [2.05, 4.69) is 15.6 Å². The Morgan fingerprint density at radius 1 is 1.03 bits per heavy atom. The van der Waals surface area contributed by atoms with Crippen molar-refractivity contribution in [1.29, 1.82) is 0 Å². The summed E-state index contributed by atoms with van der Waals surface area (Å²) in [7, 11) is 5.56. The minimum absolute atomic E-state index is 0.0144. The number of urea groups is 1. The number of pyridine rings is 1. The number of benzene rings is 2. The molecule has 0 saturated carbocycles. The molecule has 0 fully saturated rings. The lowest BCUT2D eigenvalue weighted by atomic mass is 10.1. The summed E-state index contributed by atoms with van der Waals surface area (Å²) in [4.78, 5) is 43.2. The lowest BCUT2D eigenvalue weighted by molar-refractivity contribution is 0.0561. The van der Waals surface area contributed by atoms with Crippen molar-refractivity contribution in [2.45, 2.75) is 6.54 Å². The normalized spacial score (nSPS) is 10.6. The van der Waals surface area contributed by atoms with E-state index in [9.17, 15) is 18.8 Å². The molecule has 2 aromatic heterocycles. The summed E-state index contributed by atoms with van der Waals surface area (Å²) < 4.78 is 29.8. The predicted octanol–water partition coefficient (Wildman–Crippen LogP) is 5.30. The van der Waals surface area contributed by atoms with E-state index >= 15 is 0 Å². The number of methoxy groups -OCH3 is 3. The Kier molecular flexibility index (Phi) is 8.25. The Hall–Kier alpha value is -4.71. The molecule has 202 valence electrons. The average molecular weight is 553 g/mol. The van der Waals surface area contributed by atoms with Crippen molar-refractivity contribution in [1.82, 2.24) is 4.98 Å². The van der Waals surface area contributed by atoms with Gasteiger partial charge in [-0.2, -0.15) is 0 Å². The zero-order valence-electron chi connectivity index (χ0n) is 21.5. The van der Waals surface area contributed by atoms with Crippen LogP contribution in [0.15, 0.2) is 54.2 Å². The second kappa shape index (κ2) is 11.8. The zero-order chi connectivity index (χ0) is 28.1. The summed E-state index contributed by atoms with van der Waals surface area (Å²) in [6, 6.07) is 9.62. The molecule has 2 aromatic carbocycles. The molecule has 2 amide bonds. The number of halogens is 1. The number of amides is 2. The number of nitrogens with one attached hydrogen (secondary N) is 2. The molecule has 0 unspecified atom stereocenters. The first-order valence-electron chi connectivity index (χ1n) is 11.5. The second-order valence-corrected chi connectivity index (χ2v) is 9.17. The molecular weight excluding hydrogens is 527 g/mol. The van der Waals surface area contributed by atoms with Gasteiger partial charge in [-0.15, -0.1) is 11.3 Å². The van der Waals surface area contributed by atoms with Crippen LogP contribution in [-0.2, 0) is 16.0 Å². The van der Waals surface area contributed by atoms with Crippen LogP contribution in [0.2, 0.25) is 0 Å². The molecule has 0 aliphatic carbocycles. The minimum atomic E-state index is -0.841. The SMILES string of the molecule is COC(=O)c1scc(NC(=O)Nc2cc(N(C)Cc3cccc4ccncc34)c(OC)cc2F)c1C(=O)OC. The third kappa shape index (κ3) is 5.75. The van der Waals surface area contributed by atoms with Crippen molar-refractivity contribution in [2.24, 2.45) is 0 Å².